The molecule has 2 rings (SSSR count). The Hall–Kier alpha value is -2.90. The molecule has 134 valence electrons. The molecule has 1 aromatic heterocycles. The van der Waals surface area contributed by atoms with E-state index in [0.717, 1.165) is 0 Å². The number of carbonyl (C=O) groups excluding carboxylic acids is 1. The lowest BCUT2D eigenvalue weighted by molar-refractivity contribution is -0.139. The van der Waals surface area contributed by atoms with Crippen LogP contribution in [-0.4, -0.2) is 33.2 Å². The van der Waals surface area contributed by atoms with Gasteiger partial charge in [0.05, 0.1) is 0 Å². The Morgan fingerprint density at radius 1 is 1.36 bits per heavy atom. The standard InChI is InChI=1S/C17H21N3O5/c1-10(2)7-14(17(22)23)19-16(21)12-5-4-6-13(8-12)24-9-15-18-11(3)25-20-15/h4-6,8,10,14H,7,9H2,1-3H3,(H,19,21)(H,22,23)/t14-/m1/s1. The minimum atomic E-state index is -1.05. The fourth-order valence-corrected chi connectivity index (χ4v) is 2.21. The summed E-state index contributed by atoms with van der Waals surface area (Å²) in [5, 5.41) is 15.5. The van der Waals surface area contributed by atoms with Crippen LogP contribution in [0.2, 0.25) is 0 Å². The van der Waals surface area contributed by atoms with Crippen molar-refractivity contribution in [3.8, 4) is 5.75 Å². The predicted molar refractivity (Wildman–Crippen MR) is 88.2 cm³/mol. The van der Waals surface area contributed by atoms with Gasteiger partial charge >= 0.3 is 5.97 Å². The van der Waals surface area contributed by atoms with Crippen LogP contribution in [0.3, 0.4) is 0 Å². The maximum absolute atomic E-state index is 12.3. The lowest BCUT2D eigenvalue weighted by atomic mass is 10.0. The largest absolute Gasteiger partial charge is 0.485 e. The monoisotopic (exact) mass is 347 g/mol. The molecule has 1 aromatic carbocycles. The summed E-state index contributed by atoms with van der Waals surface area (Å²) < 4.78 is 10.4. The van der Waals surface area contributed by atoms with Crippen LogP contribution in [0.25, 0.3) is 0 Å². The third-order valence-electron chi connectivity index (χ3n) is 3.34. The number of amides is 1. The minimum Gasteiger partial charge on any atom is -0.485 e. The Kier molecular flexibility index (Phi) is 6.10. The van der Waals surface area contributed by atoms with Crippen LogP contribution < -0.4 is 10.1 Å². The number of carboxylic acid groups (broad SMARTS) is 1. The van der Waals surface area contributed by atoms with E-state index in [2.05, 4.69) is 15.5 Å². The van der Waals surface area contributed by atoms with Gasteiger partial charge in [0.25, 0.3) is 5.91 Å². The highest BCUT2D eigenvalue weighted by Crippen LogP contribution is 2.15. The number of carbonyl (C=O) groups is 2. The molecule has 25 heavy (non-hydrogen) atoms. The summed E-state index contributed by atoms with van der Waals surface area (Å²) in [4.78, 5) is 27.6. The predicted octanol–water partition coefficient (Wildman–Crippen LogP) is 2.19. The van der Waals surface area contributed by atoms with E-state index in [1.807, 2.05) is 13.8 Å². The van der Waals surface area contributed by atoms with Crippen LogP contribution in [-0.2, 0) is 11.4 Å². The summed E-state index contributed by atoms with van der Waals surface area (Å²) in [6.45, 7) is 5.58. The van der Waals surface area contributed by atoms with Crippen LogP contribution in [0.15, 0.2) is 28.8 Å². The molecule has 0 bridgehead atoms. The van der Waals surface area contributed by atoms with Gasteiger partial charge < -0.3 is 19.7 Å². The van der Waals surface area contributed by atoms with Crippen LogP contribution in [0, 0.1) is 12.8 Å². The lowest BCUT2D eigenvalue weighted by Gasteiger charge is -2.16. The maximum Gasteiger partial charge on any atom is 0.326 e. The molecular weight excluding hydrogens is 326 g/mol. The number of nitrogens with zero attached hydrogens (tertiary/aromatic N) is 2. The van der Waals surface area contributed by atoms with Gasteiger partial charge in [0.2, 0.25) is 11.7 Å². The summed E-state index contributed by atoms with van der Waals surface area (Å²) in [6.07, 6.45) is 0.356. The van der Waals surface area contributed by atoms with Crippen molar-refractivity contribution >= 4 is 11.9 Å². The summed E-state index contributed by atoms with van der Waals surface area (Å²) >= 11 is 0. The van der Waals surface area contributed by atoms with Gasteiger partial charge in [0.15, 0.2) is 6.61 Å². The van der Waals surface area contributed by atoms with Crippen molar-refractivity contribution in [2.45, 2.75) is 39.8 Å². The molecule has 8 heteroatoms. The third-order valence-corrected chi connectivity index (χ3v) is 3.34. The molecule has 0 unspecified atom stereocenters. The molecule has 0 aliphatic rings. The summed E-state index contributed by atoms with van der Waals surface area (Å²) in [7, 11) is 0. The van der Waals surface area contributed by atoms with E-state index >= 15 is 0 Å². The van der Waals surface area contributed by atoms with E-state index in [4.69, 9.17) is 9.26 Å². The second-order valence-corrected chi connectivity index (χ2v) is 6.04. The first-order valence-corrected chi connectivity index (χ1v) is 7.91. The lowest BCUT2D eigenvalue weighted by Crippen LogP contribution is -2.41. The van der Waals surface area contributed by atoms with Gasteiger partial charge in [-0.2, -0.15) is 4.98 Å². The number of aliphatic carboxylic acids is 1. The van der Waals surface area contributed by atoms with Crippen molar-refractivity contribution in [3.05, 3.63) is 41.5 Å². The molecule has 0 aliphatic carbocycles. The molecule has 0 fully saturated rings. The fourth-order valence-electron chi connectivity index (χ4n) is 2.21. The average Bonchev–Trinajstić information content (AvgIpc) is 2.97. The van der Waals surface area contributed by atoms with E-state index in [1.54, 1.807) is 25.1 Å². The van der Waals surface area contributed by atoms with Gasteiger partial charge in [-0.05, 0) is 30.5 Å². The highest BCUT2D eigenvalue weighted by molar-refractivity contribution is 5.96. The Morgan fingerprint density at radius 2 is 2.12 bits per heavy atom. The van der Waals surface area contributed by atoms with Gasteiger partial charge in [0.1, 0.15) is 11.8 Å². The molecule has 0 spiro atoms. The van der Waals surface area contributed by atoms with Crippen LogP contribution >= 0.6 is 0 Å². The number of ether oxygens (including phenoxy) is 1. The number of rotatable bonds is 8. The van der Waals surface area contributed by atoms with Gasteiger partial charge in [-0.25, -0.2) is 4.79 Å². The molecule has 1 atom stereocenters. The Bertz CT molecular complexity index is 741. The SMILES string of the molecule is Cc1nc(COc2cccc(C(=O)N[C@H](CC(C)C)C(=O)O)c2)no1. The summed E-state index contributed by atoms with van der Waals surface area (Å²) in [5.74, 6) is -0.0806. The number of nitrogens with one attached hydrogen (secondary N) is 1. The molecular formula is C17H21N3O5. The first-order chi connectivity index (χ1) is 11.8. The summed E-state index contributed by atoms with van der Waals surface area (Å²) in [5.41, 5.74) is 0.316. The quantitative estimate of drug-likeness (QED) is 0.752. The zero-order valence-electron chi connectivity index (χ0n) is 14.4. The molecule has 0 saturated heterocycles. The number of hydrogen-bond acceptors (Lipinski definition) is 6. The zero-order chi connectivity index (χ0) is 18.4. The Morgan fingerprint density at radius 3 is 2.72 bits per heavy atom. The minimum absolute atomic E-state index is 0.105. The third kappa shape index (κ3) is 5.59. The first-order valence-electron chi connectivity index (χ1n) is 7.91. The molecule has 0 saturated carbocycles. The van der Waals surface area contributed by atoms with E-state index in [-0.39, 0.29) is 12.5 Å². The number of hydrogen-bond donors (Lipinski definition) is 2. The summed E-state index contributed by atoms with van der Waals surface area (Å²) in [6, 6.07) is 5.54. The van der Waals surface area contributed by atoms with Crippen molar-refractivity contribution in [2.24, 2.45) is 5.92 Å². The van der Waals surface area contributed by atoms with Gasteiger partial charge in [-0.1, -0.05) is 25.1 Å². The molecule has 2 N–H and O–H groups in total. The second kappa shape index (κ2) is 8.27. The highest BCUT2D eigenvalue weighted by atomic mass is 16.5. The van der Waals surface area contributed by atoms with E-state index in [9.17, 15) is 14.7 Å². The highest BCUT2D eigenvalue weighted by Gasteiger charge is 2.21. The fraction of sp³-hybridized carbons (Fsp3) is 0.412. The first kappa shape index (κ1) is 18.4. The van der Waals surface area contributed by atoms with E-state index in [1.165, 1.54) is 6.07 Å². The van der Waals surface area contributed by atoms with E-state index < -0.39 is 17.9 Å². The van der Waals surface area contributed by atoms with Crippen molar-refractivity contribution in [2.75, 3.05) is 0 Å². The van der Waals surface area contributed by atoms with Crippen molar-refractivity contribution in [3.63, 3.8) is 0 Å². The Labute approximate surface area is 145 Å². The van der Waals surface area contributed by atoms with Crippen LogP contribution in [0.1, 0.15) is 42.3 Å². The normalized spacial score (nSPS) is 12.0. The molecule has 2 aromatic rings. The number of aryl methyl sites for hydroxylation is 1. The molecule has 0 aliphatic heterocycles. The van der Waals surface area contributed by atoms with Crippen molar-refractivity contribution < 1.29 is 24.0 Å². The van der Waals surface area contributed by atoms with Gasteiger partial charge in [0, 0.05) is 12.5 Å². The smallest absolute Gasteiger partial charge is 0.326 e. The molecule has 0 radical (unpaired) electrons. The van der Waals surface area contributed by atoms with Crippen LogP contribution in [0.5, 0.6) is 5.75 Å². The van der Waals surface area contributed by atoms with Gasteiger partial charge in [-0.15, -0.1) is 0 Å². The van der Waals surface area contributed by atoms with Crippen molar-refractivity contribution in [1.29, 1.82) is 0 Å². The number of carboxylic acids is 1. The Balaban J connectivity index is 2.01. The topological polar surface area (TPSA) is 115 Å². The van der Waals surface area contributed by atoms with E-state index in [0.29, 0.717) is 29.4 Å². The average molecular weight is 347 g/mol. The number of benzene rings is 1. The molecule has 1 heterocycles. The van der Waals surface area contributed by atoms with Gasteiger partial charge in [-0.3, -0.25) is 4.79 Å². The molecule has 8 nitrogen and oxygen atoms in total. The number of aromatic nitrogens is 2. The van der Waals surface area contributed by atoms with Crippen LogP contribution in [0.4, 0.5) is 0 Å². The molecule has 1 amide bonds. The maximum atomic E-state index is 12.3. The second-order valence-electron chi connectivity index (χ2n) is 6.04. The van der Waals surface area contributed by atoms with Crippen molar-refractivity contribution in [1.82, 2.24) is 15.5 Å². The zero-order valence-corrected chi connectivity index (χ0v) is 14.4.